The number of aliphatic hydroxyl groups excluding tert-OH is 1. The standard InChI is InChI=1S/C22H26FN3O6/c1-13(2)32-9-3-8-26-17(27)12-25-11-16(19(28)20(29)18(25)22(26)31)21(30)24-10-14-4-6-15(23)7-5-14/h4-7,11,13,17,27,29H,3,8-10,12H2,1-2H3,(H,24,30). The second kappa shape index (κ2) is 9.92. The van der Waals surface area contributed by atoms with Gasteiger partial charge in [0.25, 0.3) is 11.8 Å². The Morgan fingerprint density at radius 3 is 2.62 bits per heavy atom. The summed E-state index contributed by atoms with van der Waals surface area (Å²) < 4.78 is 19.6. The second-order valence-electron chi connectivity index (χ2n) is 7.78. The van der Waals surface area contributed by atoms with Gasteiger partial charge in [-0.3, -0.25) is 14.4 Å². The van der Waals surface area contributed by atoms with Gasteiger partial charge in [0, 0.05) is 25.9 Å². The molecule has 10 heteroatoms. The average molecular weight is 447 g/mol. The van der Waals surface area contributed by atoms with Gasteiger partial charge in [0.15, 0.2) is 11.4 Å². The van der Waals surface area contributed by atoms with E-state index in [4.69, 9.17) is 4.74 Å². The number of carbonyl (C=O) groups is 2. The number of carbonyl (C=O) groups excluding carboxylic acids is 2. The highest BCUT2D eigenvalue weighted by atomic mass is 19.1. The van der Waals surface area contributed by atoms with Crippen LogP contribution in [0.2, 0.25) is 0 Å². The van der Waals surface area contributed by atoms with Crippen LogP contribution in [0, 0.1) is 5.82 Å². The topological polar surface area (TPSA) is 121 Å². The van der Waals surface area contributed by atoms with Crippen LogP contribution in [0.1, 0.15) is 46.7 Å². The third-order valence-electron chi connectivity index (χ3n) is 5.04. The molecule has 2 heterocycles. The minimum absolute atomic E-state index is 0.0351. The molecule has 0 aliphatic carbocycles. The minimum atomic E-state index is -1.19. The van der Waals surface area contributed by atoms with Crippen LogP contribution < -0.4 is 10.7 Å². The van der Waals surface area contributed by atoms with Crippen molar-refractivity contribution in [1.29, 1.82) is 0 Å². The number of rotatable bonds is 8. The number of aromatic nitrogens is 1. The van der Waals surface area contributed by atoms with Crippen molar-refractivity contribution in [2.75, 3.05) is 13.2 Å². The van der Waals surface area contributed by atoms with Crippen molar-refractivity contribution >= 4 is 11.8 Å². The van der Waals surface area contributed by atoms with E-state index in [-0.39, 0.29) is 37.0 Å². The third kappa shape index (κ3) is 5.14. The Bertz CT molecular complexity index is 1050. The number of fused-ring (bicyclic) bond motifs is 1. The van der Waals surface area contributed by atoms with E-state index >= 15 is 0 Å². The maximum absolute atomic E-state index is 13.0. The molecular weight excluding hydrogens is 421 g/mol. The van der Waals surface area contributed by atoms with Gasteiger partial charge in [-0.25, -0.2) is 4.39 Å². The van der Waals surface area contributed by atoms with E-state index in [1.807, 2.05) is 13.8 Å². The number of nitrogens with one attached hydrogen (secondary N) is 1. The zero-order valence-electron chi connectivity index (χ0n) is 17.9. The molecule has 0 spiro atoms. The van der Waals surface area contributed by atoms with Crippen molar-refractivity contribution in [2.24, 2.45) is 0 Å². The van der Waals surface area contributed by atoms with Gasteiger partial charge in [0.2, 0.25) is 5.43 Å². The summed E-state index contributed by atoms with van der Waals surface area (Å²) in [6, 6.07) is 5.47. The lowest BCUT2D eigenvalue weighted by Crippen LogP contribution is -2.49. The number of aromatic hydroxyl groups is 1. The highest BCUT2D eigenvalue weighted by Crippen LogP contribution is 2.23. The van der Waals surface area contributed by atoms with Gasteiger partial charge < -0.3 is 29.7 Å². The van der Waals surface area contributed by atoms with Crippen molar-refractivity contribution in [2.45, 2.75) is 45.7 Å². The number of amides is 2. The summed E-state index contributed by atoms with van der Waals surface area (Å²) in [5.74, 6) is -2.73. The van der Waals surface area contributed by atoms with Gasteiger partial charge >= 0.3 is 0 Å². The largest absolute Gasteiger partial charge is 0.503 e. The number of hydrogen-bond acceptors (Lipinski definition) is 6. The summed E-state index contributed by atoms with van der Waals surface area (Å²) >= 11 is 0. The normalized spacial score (nSPS) is 15.7. The first-order chi connectivity index (χ1) is 15.2. The fourth-order valence-corrected chi connectivity index (χ4v) is 3.41. The third-order valence-corrected chi connectivity index (χ3v) is 5.04. The zero-order chi connectivity index (χ0) is 23.4. The molecule has 0 saturated heterocycles. The number of ether oxygens (including phenoxy) is 1. The minimum Gasteiger partial charge on any atom is -0.503 e. The molecule has 1 aliphatic rings. The van der Waals surface area contributed by atoms with Crippen molar-refractivity contribution in [3.8, 4) is 5.75 Å². The number of aliphatic hydroxyl groups is 1. The highest BCUT2D eigenvalue weighted by molar-refractivity contribution is 5.99. The lowest BCUT2D eigenvalue weighted by molar-refractivity contribution is -0.0174. The van der Waals surface area contributed by atoms with E-state index in [0.29, 0.717) is 18.6 Å². The second-order valence-corrected chi connectivity index (χ2v) is 7.78. The SMILES string of the molecule is CC(C)OCCCN1C(=O)c2c(O)c(=O)c(C(=O)NCc3ccc(F)cc3)cn2CC1O. The summed E-state index contributed by atoms with van der Waals surface area (Å²) in [4.78, 5) is 39.1. The molecule has 1 aliphatic heterocycles. The number of nitrogens with zero attached hydrogens (tertiary/aromatic N) is 2. The number of benzene rings is 1. The Balaban J connectivity index is 1.76. The van der Waals surface area contributed by atoms with E-state index in [1.54, 1.807) is 0 Å². The smallest absolute Gasteiger partial charge is 0.276 e. The van der Waals surface area contributed by atoms with Gasteiger partial charge in [-0.05, 0) is 38.0 Å². The molecule has 1 unspecified atom stereocenters. The molecule has 1 atom stereocenters. The fourth-order valence-electron chi connectivity index (χ4n) is 3.41. The summed E-state index contributed by atoms with van der Waals surface area (Å²) in [7, 11) is 0. The van der Waals surface area contributed by atoms with Gasteiger partial charge in [-0.1, -0.05) is 12.1 Å². The predicted molar refractivity (Wildman–Crippen MR) is 113 cm³/mol. The molecule has 32 heavy (non-hydrogen) atoms. The first kappa shape index (κ1) is 23.4. The van der Waals surface area contributed by atoms with E-state index in [9.17, 15) is 29.0 Å². The lowest BCUT2D eigenvalue weighted by atomic mass is 10.1. The number of halogens is 1. The predicted octanol–water partition coefficient (Wildman–Crippen LogP) is 1.21. The van der Waals surface area contributed by atoms with Crippen molar-refractivity contribution in [3.63, 3.8) is 0 Å². The van der Waals surface area contributed by atoms with E-state index in [2.05, 4.69) is 5.32 Å². The molecule has 0 fully saturated rings. The van der Waals surface area contributed by atoms with Gasteiger partial charge in [0.05, 0.1) is 12.6 Å². The molecular formula is C22H26FN3O6. The zero-order valence-corrected chi connectivity index (χ0v) is 17.9. The van der Waals surface area contributed by atoms with Crippen molar-refractivity contribution in [1.82, 2.24) is 14.8 Å². The summed E-state index contributed by atoms with van der Waals surface area (Å²) in [6.45, 7) is 4.26. The maximum atomic E-state index is 13.0. The molecule has 9 nitrogen and oxygen atoms in total. The monoisotopic (exact) mass is 447 g/mol. The molecule has 0 saturated carbocycles. The Labute approximate surface area is 184 Å². The molecule has 0 bridgehead atoms. The Morgan fingerprint density at radius 2 is 1.97 bits per heavy atom. The molecule has 3 rings (SSSR count). The van der Waals surface area contributed by atoms with Crippen LogP contribution in [-0.2, 0) is 17.8 Å². The Hall–Kier alpha value is -3.24. The highest BCUT2D eigenvalue weighted by Gasteiger charge is 2.35. The fraction of sp³-hybridized carbons (Fsp3) is 0.409. The average Bonchev–Trinajstić information content (AvgIpc) is 2.74. The molecule has 0 radical (unpaired) electrons. The first-order valence-corrected chi connectivity index (χ1v) is 10.3. The maximum Gasteiger partial charge on any atom is 0.276 e. The number of pyridine rings is 1. The summed E-state index contributed by atoms with van der Waals surface area (Å²) in [5, 5.41) is 23.3. The first-order valence-electron chi connectivity index (χ1n) is 10.3. The van der Waals surface area contributed by atoms with Crippen LogP contribution in [0.15, 0.2) is 35.3 Å². The van der Waals surface area contributed by atoms with Crippen LogP contribution in [0.3, 0.4) is 0 Å². The Kier molecular flexibility index (Phi) is 7.26. The lowest BCUT2D eigenvalue weighted by Gasteiger charge is -2.34. The molecule has 1 aromatic heterocycles. The molecule has 3 N–H and O–H groups in total. The summed E-state index contributed by atoms with van der Waals surface area (Å²) in [5.41, 5.74) is -1.02. The summed E-state index contributed by atoms with van der Waals surface area (Å²) in [6.07, 6.45) is 0.465. The Morgan fingerprint density at radius 1 is 1.28 bits per heavy atom. The number of hydrogen-bond donors (Lipinski definition) is 3. The van der Waals surface area contributed by atoms with Crippen molar-refractivity contribution < 1.29 is 28.9 Å². The van der Waals surface area contributed by atoms with Crippen LogP contribution in [0.5, 0.6) is 5.75 Å². The van der Waals surface area contributed by atoms with E-state index in [1.165, 1.54) is 28.8 Å². The molecule has 2 amide bonds. The van der Waals surface area contributed by atoms with Gasteiger partial charge in [-0.2, -0.15) is 0 Å². The van der Waals surface area contributed by atoms with Crippen LogP contribution in [0.25, 0.3) is 0 Å². The molecule has 2 aromatic rings. The van der Waals surface area contributed by atoms with Gasteiger partial charge in [0.1, 0.15) is 17.6 Å². The van der Waals surface area contributed by atoms with Crippen molar-refractivity contribution in [3.05, 3.63) is 63.3 Å². The van der Waals surface area contributed by atoms with Crippen LogP contribution >= 0.6 is 0 Å². The van der Waals surface area contributed by atoms with E-state index < -0.39 is 35.0 Å². The molecule has 172 valence electrons. The van der Waals surface area contributed by atoms with Crippen LogP contribution in [0.4, 0.5) is 4.39 Å². The quantitative estimate of drug-likeness (QED) is 0.523. The van der Waals surface area contributed by atoms with Crippen LogP contribution in [-0.4, -0.2) is 57.0 Å². The van der Waals surface area contributed by atoms with E-state index in [0.717, 1.165) is 11.1 Å². The molecule has 1 aromatic carbocycles. The van der Waals surface area contributed by atoms with Gasteiger partial charge in [-0.15, -0.1) is 0 Å².